The molecule has 2 unspecified atom stereocenters. The number of carbonyl (C=O) groups excluding carboxylic acids is 1. The first-order valence-corrected chi connectivity index (χ1v) is 14.9. The van der Waals surface area contributed by atoms with Gasteiger partial charge in [-0.2, -0.15) is 0 Å². The molecule has 2 atom stereocenters. The summed E-state index contributed by atoms with van der Waals surface area (Å²) in [5, 5.41) is 23.2. The normalized spacial score (nSPS) is 13.0. The summed E-state index contributed by atoms with van der Waals surface area (Å²) in [4.78, 5) is 28.7. The number of carbonyl (C=O) groups is 1. The highest BCUT2D eigenvalue weighted by Crippen LogP contribution is 2.24. The van der Waals surface area contributed by atoms with Crippen molar-refractivity contribution in [3.05, 3.63) is 93.6 Å². The Bertz CT molecular complexity index is 1390. The van der Waals surface area contributed by atoms with Crippen LogP contribution in [0, 0.1) is 5.92 Å². The van der Waals surface area contributed by atoms with Gasteiger partial charge < -0.3 is 19.9 Å². The standard InChI is InChI=1S/C35H44N2O5/c1-5-8-32(39)27-13-11-25(12-14-27)26-15-19-30(20-16-26)37-22-34-35(41)33(40)21-31(42-34)10-7-9-29(36-4)18-17-28(23-38)24(3)6-2/h11-17,19-21,24,29,37-38,41H,4-10,18,22-23H2,1-3H3. The number of aromatic hydroxyl groups is 1. The number of hydrogen-bond acceptors (Lipinski definition) is 7. The number of Topliss-reactive ketones (excluding diaryl/α,β-unsaturated/α-hetero) is 1. The minimum Gasteiger partial charge on any atom is -0.502 e. The molecule has 0 spiro atoms. The molecule has 0 saturated heterocycles. The number of rotatable bonds is 17. The average Bonchev–Trinajstić information content (AvgIpc) is 3.01. The largest absolute Gasteiger partial charge is 0.502 e. The number of aliphatic hydroxyl groups excluding tert-OH is 1. The molecule has 2 aromatic carbocycles. The third kappa shape index (κ3) is 9.28. The van der Waals surface area contributed by atoms with Crippen LogP contribution >= 0.6 is 0 Å². The van der Waals surface area contributed by atoms with Crippen molar-refractivity contribution < 1.29 is 19.4 Å². The van der Waals surface area contributed by atoms with Gasteiger partial charge in [0.2, 0.25) is 11.2 Å². The third-order valence-electron chi connectivity index (χ3n) is 7.70. The average molecular weight is 573 g/mol. The van der Waals surface area contributed by atoms with Crippen molar-refractivity contribution in [2.24, 2.45) is 10.9 Å². The Kier molecular flexibility index (Phi) is 12.8. The molecule has 3 N–H and O–H groups in total. The maximum absolute atomic E-state index is 12.4. The van der Waals surface area contributed by atoms with Crippen LogP contribution in [-0.4, -0.2) is 35.4 Å². The molecule has 0 aliphatic rings. The third-order valence-corrected chi connectivity index (χ3v) is 7.70. The number of aliphatic imine (C=N–C) groups is 1. The van der Waals surface area contributed by atoms with E-state index in [1.807, 2.05) is 55.5 Å². The monoisotopic (exact) mass is 572 g/mol. The molecule has 0 aliphatic heterocycles. The Labute approximate surface area is 249 Å². The zero-order valence-electron chi connectivity index (χ0n) is 25.1. The number of aryl methyl sites for hydroxylation is 1. The number of nitrogens with one attached hydrogen (secondary N) is 1. The van der Waals surface area contributed by atoms with Crippen LogP contribution in [0.4, 0.5) is 5.69 Å². The molecule has 0 aliphatic carbocycles. The summed E-state index contributed by atoms with van der Waals surface area (Å²) < 4.78 is 5.90. The number of benzene rings is 2. The second-order valence-corrected chi connectivity index (χ2v) is 10.7. The highest BCUT2D eigenvalue weighted by atomic mass is 16.4. The van der Waals surface area contributed by atoms with Crippen LogP contribution in [-0.2, 0) is 13.0 Å². The highest BCUT2D eigenvalue weighted by Gasteiger charge is 2.13. The highest BCUT2D eigenvalue weighted by molar-refractivity contribution is 5.96. The zero-order valence-corrected chi connectivity index (χ0v) is 25.1. The Morgan fingerprint density at radius 2 is 1.76 bits per heavy atom. The summed E-state index contributed by atoms with van der Waals surface area (Å²) in [6.45, 7) is 10.1. The first-order valence-electron chi connectivity index (χ1n) is 14.9. The van der Waals surface area contributed by atoms with Gasteiger partial charge in [0, 0.05) is 30.2 Å². The van der Waals surface area contributed by atoms with Gasteiger partial charge >= 0.3 is 0 Å². The molecular formula is C35H44N2O5. The minimum atomic E-state index is -0.466. The van der Waals surface area contributed by atoms with Gasteiger partial charge in [0.25, 0.3) is 0 Å². The SMILES string of the molecule is C=NC(CC=C(CO)C(C)CC)CCCc1cc(=O)c(O)c(CNc2ccc(-c3ccc(C(=O)CCC)cc3)cc2)o1. The van der Waals surface area contributed by atoms with Crippen LogP contribution < -0.4 is 10.7 Å². The fourth-order valence-corrected chi connectivity index (χ4v) is 4.78. The van der Waals surface area contributed by atoms with E-state index >= 15 is 0 Å². The van der Waals surface area contributed by atoms with E-state index in [-0.39, 0.29) is 30.7 Å². The summed E-state index contributed by atoms with van der Waals surface area (Å²) in [5.41, 5.74) is 4.13. The predicted molar refractivity (Wildman–Crippen MR) is 171 cm³/mol. The van der Waals surface area contributed by atoms with E-state index in [0.717, 1.165) is 53.6 Å². The topological polar surface area (TPSA) is 112 Å². The molecule has 0 fully saturated rings. The van der Waals surface area contributed by atoms with Crippen molar-refractivity contribution in [3.63, 3.8) is 0 Å². The molecule has 7 nitrogen and oxygen atoms in total. The number of ketones is 1. The van der Waals surface area contributed by atoms with E-state index in [4.69, 9.17) is 4.42 Å². The van der Waals surface area contributed by atoms with Crippen molar-refractivity contribution in [2.45, 2.75) is 78.3 Å². The summed E-state index contributed by atoms with van der Waals surface area (Å²) in [6, 6.07) is 16.8. The number of anilines is 1. The first-order chi connectivity index (χ1) is 20.3. The maximum Gasteiger partial charge on any atom is 0.227 e. The van der Waals surface area contributed by atoms with Gasteiger partial charge in [-0.15, -0.1) is 0 Å². The van der Waals surface area contributed by atoms with E-state index in [1.54, 1.807) is 0 Å². The van der Waals surface area contributed by atoms with Gasteiger partial charge in [-0.1, -0.05) is 63.2 Å². The fourth-order valence-electron chi connectivity index (χ4n) is 4.78. The number of hydrogen-bond donors (Lipinski definition) is 3. The minimum absolute atomic E-state index is 0.0186. The van der Waals surface area contributed by atoms with Crippen molar-refractivity contribution in [3.8, 4) is 16.9 Å². The summed E-state index contributed by atoms with van der Waals surface area (Å²) in [7, 11) is 0. The van der Waals surface area contributed by atoms with Gasteiger partial charge in [0.05, 0.1) is 19.2 Å². The quantitative estimate of drug-likeness (QED) is 0.0885. The summed E-state index contributed by atoms with van der Waals surface area (Å²) >= 11 is 0. The summed E-state index contributed by atoms with van der Waals surface area (Å²) in [5.74, 6) is 0.800. The molecule has 0 saturated carbocycles. The van der Waals surface area contributed by atoms with E-state index in [2.05, 4.69) is 37.0 Å². The molecule has 7 heteroatoms. The van der Waals surface area contributed by atoms with Crippen LogP contribution in [0.25, 0.3) is 11.1 Å². The molecule has 0 amide bonds. The zero-order chi connectivity index (χ0) is 30.5. The second-order valence-electron chi connectivity index (χ2n) is 10.7. The Hall–Kier alpha value is -3.97. The van der Waals surface area contributed by atoms with E-state index in [1.165, 1.54) is 6.07 Å². The Morgan fingerprint density at radius 1 is 1.10 bits per heavy atom. The Morgan fingerprint density at radius 3 is 2.36 bits per heavy atom. The maximum atomic E-state index is 12.4. The van der Waals surface area contributed by atoms with Crippen LogP contribution in [0.15, 0.2) is 80.5 Å². The van der Waals surface area contributed by atoms with E-state index in [9.17, 15) is 19.8 Å². The lowest BCUT2D eigenvalue weighted by Gasteiger charge is -2.14. The van der Waals surface area contributed by atoms with Crippen molar-refractivity contribution in [2.75, 3.05) is 11.9 Å². The van der Waals surface area contributed by atoms with Crippen LogP contribution in [0.5, 0.6) is 5.75 Å². The van der Waals surface area contributed by atoms with Crippen molar-refractivity contribution in [1.29, 1.82) is 0 Å². The molecule has 0 bridgehead atoms. The molecule has 3 rings (SSSR count). The van der Waals surface area contributed by atoms with Gasteiger partial charge in [0.1, 0.15) is 5.76 Å². The smallest absolute Gasteiger partial charge is 0.227 e. The molecule has 0 radical (unpaired) electrons. The second kappa shape index (κ2) is 16.5. The molecule has 1 heterocycles. The molecule has 1 aromatic heterocycles. The van der Waals surface area contributed by atoms with Crippen LogP contribution in [0.2, 0.25) is 0 Å². The molecule has 224 valence electrons. The Balaban J connectivity index is 1.58. The molecule has 42 heavy (non-hydrogen) atoms. The lowest BCUT2D eigenvalue weighted by Crippen LogP contribution is -2.10. The molecule has 3 aromatic rings. The van der Waals surface area contributed by atoms with Crippen molar-refractivity contribution in [1.82, 2.24) is 0 Å². The lowest BCUT2D eigenvalue weighted by molar-refractivity contribution is 0.0981. The van der Waals surface area contributed by atoms with Gasteiger partial charge in [-0.05, 0) is 73.6 Å². The van der Waals surface area contributed by atoms with Crippen LogP contribution in [0.3, 0.4) is 0 Å². The number of aliphatic hydroxyl groups is 1. The van der Waals surface area contributed by atoms with Gasteiger partial charge in [0.15, 0.2) is 11.5 Å². The fraction of sp³-hybridized carbons (Fsp3) is 0.400. The van der Waals surface area contributed by atoms with Crippen molar-refractivity contribution >= 4 is 18.2 Å². The van der Waals surface area contributed by atoms with E-state index in [0.29, 0.717) is 30.9 Å². The van der Waals surface area contributed by atoms with Gasteiger partial charge in [-0.25, -0.2) is 0 Å². The summed E-state index contributed by atoms with van der Waals surface area (Å²) in [6.07, 6.45) is 7.17. The number of nitrogens with zero attached hydrogens (tertiary/aromatic N) is 1. The van der Waals surface area contributed by atoms with Crippen LogP contribution in [0.1, 0.15) is 81.2 Å². The lowest BCUT2D eigenvalue weighted by atomic mass is 9.96. The molecular weight excluding hydrogens is 528 g/mol. The first kappa shape index (κ1) is 32.5. The van der Waals surface area contributed by atoms with Gasteiger partial charge in [-0.3, -0.25) is 14.6 Å². The predicted octanol–water partition coefficient (Wildman–Crippen LogP) is 7.35. The van der Waals surface area contributed by atoms with E-state index < -0.39 is 11.2 Å².